The first-order valence-electron chi connectivity index (χ1n) is 8.45. The lowest BCUT2D eigenvalue weighted by Gasteiger charge is -2.34. The molecule has 1 atom stereocenters. The maximum absolute atomic E-state index is 12.3. The van der Waals surface area contributed by atoms with E-state index < -0.39 is 0 Å². The SMILES string of the molecule is CCC(CC)C(=O)N1CCC(NC(=O)C2CCNC2)CC1.Cl. The third kappa shape index (κ3) is 4.85. The molecular weight excluding hydrogens is 302 g/mol. The summed E-state index contributed by atoms with van der Waals surface area (Å²) in [5.41, 5.74) is 0. The molecule has 0 saturated carbocycles. The van der Waals surface area contributed by atoms with Crippen LogP contribution in [0.4, 0.5) is 0 Å². The minimum atomic E-state index is 0. The molecular formula is C16H30ClN3O2. The van der Waals surface area contributed by atoms with E-state index in [1.807, 2.05) is 4.90 Å². The first-order valence-corrected chi connectivity index (χ1v) is 8.45. The molecule has 2 aliphatic heterocycles. The van der Waals surface area contributed by atoms with Gasteiger partial charge in [0.05, 0.1) is 5.92 Å². The number of carbonyl (C=O) groups is 2. The van der Waals surface area contributed by atoms with Gasteiger partial charge >= 0.3 is 0 Å². The smallest absolute Gasteiger partial charge is 0.225 e. The average molecular weight is 332 g/mol. The summed E-state index contributed by atoms with van der Waals surface area (Å²) in [6, 6.07) is 0.240. The van der Waals surface area contributed by atoms with Crippen molar-refractivity contribution in [1.82, 2.24) is 15.5 Å². The number of amides is 2. The number of hydrogen-bond donors (Lipinski definition) is 2. The van der Waals surface area contributed by atoms with E-state index in [1.54, 1.807) is 0 Å². The van der Waals surface area contributed by atoms with Gasteiger partial charge in [0.25, 0.3) is 0 Å². The van der Waals surface area contributed by atoms with Crippen molar-refractivity contribution in [3.05, 3.63) is 0 Å². The van der Waals surface area contributed by atoms with Crippen molar-refractivity contribution in [1.29, 1.82) is 0 Å². The van der Waals surface area contributed by atoms with E-state index >= 15 is 0 Å². The van der Waals surface area contributed by atoms with Crippen LogP contribution in [0.3, 0.4) is 0 Å². The van der Waals surface area contributed by atoms with Crippen molar-refractivity contribution < 1.29 is 9.59 Å². The zero-order chi connectivity index (χ0) is 15.2. The van der Waals surface area contributed by atoms with E-state index in [2.05, 4.69) is 24.5 Å². The van der Waals surface area contributed by atoms with Gasteiger partial charge in [-0.25, -0.2) is 0 Å². The average Bonchev–Trinajstić information content (AvgIpc) is 3.03. The zero-order valence-corrected chi connectivity index (χ0v) is 14.6. The number of nitrogens with zero attached hydrogens (tertiary/aromatic N) is 1. The topological polar surface area (TPSA) is 61.4 Å². The predicted molar refractivity (Wildman–Crippen MR) is 90.0 cm³/mol. The highest BCUT2D eigenvalue weighted by molar-refractivity contribution is 5.85. The molecule has 0 aromatic heterocycles. The first-order chi connectivity index (χ1) is 10.2. The third-order valence-electron chi connectivity index (χ3n) is 4.92. The number of nitrogens with one attached hydrogen (secondary N) is 2. The molecule has 2 N–H and O–H groups in total. The standard InChI is InChI=1S/C16H29N3O2.ClH/c1-3-12(4-2)16(21)19-9-6-14(7-10-19)18-15(20)13-5-8-17-11-13;/h12-14,17H,3-11H2,1-2H3,(H,18,20);1H. The Morgan fingerprint density at radius 3 is 2.32 bits per heavy atom. The fourth-order valence-corrected chi connectivity index (χ4v) is 3.34. The summed E-state index contributed by atoms with van der Waals surface area (Å²) in [4.78, 5) is 26.4. The Kier molecular flexibility index (Phi) is 8.18. The van der Waals surface area contributed by atoms with Crippen molar-refractivity contribution in [2.45, 2.75) is 52.0 Å². The highest BCUT2D eigenvalue weighted by Crippen LogP contribution is 2.18. The Morgan fingerprint density at radius 1 is 1.18 bits per heavy atom. The van der Waals surface area contributed by atoms with Gasteiger partial charge in [0.2, 0.25) is 11.8 Å². The third-order valence-corrected chi connectivity index (χ3v) is 4.92. The van der Waals surface area contributed by atoms with Gasteiger partial charge in [0, 0.05) is 31.6 Å². The molecule has 0 aromatic rings. The Hall–Kier alpha value is -0.810. The molecule has 2 rings (SSSR count). The van der Waals surface area contributed by atoms with Gasteiger partial charge < -0.3 is 15.5 Å². The van der Waals surface area contributed by atoms with Gasteiger partial charge in [0.15, 0.2) is 0 Å². The fraction of sp³-hybridized carbons (Fsp3) is 0.875. The van der Waals surface area contributed by atoms with Crippen LogP contribution in [0.1, 0.15) is 46.0 Å². The molecule has 0 spiro atoms. The Labute approximate surface area is 140 Å². The van der Waals surface area contributed by atoms with Crippen molar-refractivity contribution in [2.24, 2.45) is 11.8 Å². The number of likely N-dealkylation sites (tertiary alicyclic amines) is 1. The molecule has 2 fully saturated rings. The van der Waals surface area contributed by atoms with Gasteiger partial charge in [-0.2, -0.15) is 0 Å². The highest BCUT2D eigenvalue weighted by atomic mass is 35.5. The minimum Gasteiger partial charge on any atom is -0.353 e. The van der Waals surface area contributed by atoms with Crippen molar-refractivity contribution in [2.75, 3.05) is 26.2 Å². The first kappa shape index (κ1) is 19.2. The number of hydrogen-bond acceptors (Lipinski definition) is 3. The van der Waals surface area contributed by atoms with Crippen LogP contribution in [-0.4, -0.2) is 48.9 Å². The summed E-state index contributed by atoms with van der Waals surface area (Å²) in [6.45, 7) is 7.47. The molecule has 1 unspecified atom stereocenters. The van der Waals surface area contributed by atoms with Crippen molar-refractivity contribution in [3.8, 4) is 0 Å². The minimum absolute atomic E-state index is 0. The van der Waals surface area contributed by atoms with Crippen LogP contribution in [-0.2, 0) is 9.59 Å². The van der Waals surface area contributed by atoms with E-state index in [4.69, 9.17) is 0 Å². The lowest BCUT2D eigenvalue weighted by molar-refractivity contribution is -0.137. The zero-order valence-electron chi connectivity index (χ0n) is 13.8. The van der Waals surface area contributed by atoms with Crippen LogP contribution >= 0.6 is 12.4 Å². The van der Waals surface area contributed by atoms with Crippen LogP contribution in [0.15, 0.2) is 0 Å². The van der Waals surface area contributed by atoms with Gasteiger partial charge in [-0.3, -0.25) is 9.59 Å². The van der Waals surface area contributed by atoms with Gasteiger partial charge in [0.1, 0.15) is 0 Å². The van der Waals surface area contributed by atoms with Crippen LogP contribution in [0.25, 0.3) is 0 Å². The van der Waals surface area contributed by atoms with E-state index in [-0.39, 0.29) is 36.2 Å². The van der Waals surface area contributed by atoms with E-state index in [9.17, 15) is 9.59 Å². The van der Waals surface area contributed by atoms with Crippen LogP contribution in [0, 0.1) is 11.8 Å². The summed E-state index contributed by atoms with van der Waals surface area (Å²) >= 11 is 0. The molecule has 2 aliphatic rings. The summed E-state index contributed by atoms with van der Waals surface area (Å²) < 4.78 is 0. The number of carbonyl (C=O) groups excluding carboxylic acids is 2. The van der Waals surface area contributed by atoms with E-state index in [1.165, 1.54) is 0 Å². The Bertz CT molecular complexity index is 360. The largest absolute Gasteiger partial charge is 0.353 e. The van der Waals surface area contributed by atoms with Crippen molar-refractivity contribution >= 4 is 24.2 Å². The molecule has 5 nitrogen and oxygen atoms in total. The van der Waals surface area contributed by atoms with Crippen LogP contribution in [0.5, 0.6) is 0 Å². The maximum atomic E-state index is 12.3. The molecule has 0 aliphatic carbocycles. The monoisotopic (exact) mass is 331 g/mol. The summed E-state index contributed by atoms with van der Waals surface area (Å²) in [5, 5.41) is 6.38. The second kappa shape index (κ2) is 9.36. The Morgan fingerprint density at radius 2 is 1.82 bits per heavy atom. The molecule has 2 saturated heterocycles. The molecule has 2 amide bonds. The predicted octanol–water partition coefficient (Wildman–Crippen LogP) is 1.56. The molecule has 22 heavy (non-hydrogen) atoms. The summed E-state index contributed by atoms with van der Waals surface area (Å²) in [5.74, 6) is 0.782. The number of halogens is 1. The van der Waals surface area contributed by atoms with Crippen molar-refractivity contribution in [3.63, 3.8) is 0 Å². The molecule has 0 bridgehead atoms. The normalized spacial score (nSPS) is 22.5. The second-order valence-electron chi connectivity index (χ2n) is 6.31. The maximum Gasteiger partial charge on any atom is 0.225 e. The number of rotatable bonds is 5. The molecule has 0 radical (unpaired) electrons. The van der Waals surface area contributed by atoms with Gasteiger partial charge in [-0.15, -0.1) is 12.4 Å². The van der Waals surface area contributed by atoms with Crippen LogP contribution < -0.4 is 10.6 Å². The molecule has 2 heterocycles. The Balaban J connectivity index is 0.00000242. The van der Waals surface area contributed by atoms with Gasteiger partial charge in [-0.05, 0) is 38.6 Å². The molecule has 0 aromatic carbocycles. The molecule has 128 valence electrons. The summed E-state index contributed by atoms with van der Waals surface area (Å²) in [6.07, 6.45) is 4.55. The van der Waals surface area contributed by atoms with Crippen LogP contribution in [0.2, 0.25) is 0 Å². The fourth-order valence-electron chi connectivity index (χ4n) is 3.34. The van der Waals surface area contributed by atoms with E-state index in [0.29, 0.717) is 5.91 Å². The second-order valence-corrected chi connectivity index (χ2v) is 6.31. The number of piperidine rings is 1. The summed E-state index contributed by atoms with van der Waals surface area (Å²) in [7, 11) is 0. The van der Waals surface area contributed by atoms with Gasteiger partial charge in [-0.1, -0.05) is 13.8 Å². The van der Waals surface area contributed by atoms with E-state index in [0.717, 1.165) is 58.3 Å². The lowest BCUT2D eigenvalue weighted by atomic mass is 9.98. The highest BCUT2D eigenvalue weighted by Gasteiger charge is 2.29. The quantitative estimate of drug-likeness (QED) is 0.803. The molecule has 6 heteroatoms. The lowest BCUT2D eigenvalue weighted by Crippen LogP contribution is -2.49.